The number of thioether (sulfide) groups is 1. The Balaban J connectivity index is 1.74. The van der Waals surface area contributed by atoms with Crippen LogP contribution in [0.3, 0.4) is 0 Å². The smallest absolute Gasteiger partial charge is 0.186 e. The summed E-state index contributed by atoms with van der Waals surface area (Å²) in [4.78, 5) is 2.36. The molecule has 1 aromatic rings. The van der Waals surface area contributed by atoms with E-state index in [-0.39, 0.29) is 0 Å². The van der Waals surface area contributed by atoms with Gasteiger partial charge in [0.15, 0.2) is 5.17 Å². The van der Waals surface area contributed by atoms with Crippen LogP contribution in [0.25, 0.3) is 0 Å². The van der Waals surface area contributed by atoms with Gasteiger partial charge in [0, 0.05) is 23.9 Å². The third-order valence-corrected chi connectivity index (χ3v) is 4.67. The molecule has 0 saturated carbocycles. The summed E-state index contributed by atoms with van der Waals surface area (Å²) in [5.74, 6) is 0.886. The van der Waals surface area contributed by atoms with Crippen LogP contribution in [0.4, 0.5) is 0 Å². The summed E-state index contributed by atoms with van der Waals surface area (Å²) in [6.45, 7) is 2.25. The fourth-order valence-electron chi connectivity index (χ4n) is 2.32. The van der Waals surface area contributed by atoms with Crippen molar-refractivity contribution in [2.45, 2.75) is 19.3 Å². The zero-order valence-corrected chi connectivity index (χ0v) is 12.3. The Bertz CT molecular complexity index is 504. The molecule has 0 amide bonds. The van der Waals surface area contributed by atoms with E-state index in [2.05, 4.69) is 15.1 Å². The average Bonchev–Trinajstić information content (AvgIpc) is 2.49. The summed E-state index contributed by atoms with van der Waals surface area (Å²) in [7, 11) is 0. The third-order valence-electron chi connectivity index (χ3n) is 3.40. The maximum atomic E-state index is 5.90. The second-order valence-corrected chi connectivity index (χ2v) is 6.15. The highest BCUT2D eigenvalue weighted by atomic mass is 35.5. The predicted octanol–water partition coefficient (Wildman–Crippen LogP) is 3.63. The molecule has 0 aliphatic carbocycles. The number of rotatable bonds is 1. The molecular formula is C14H16ClN3S. The fraction of sp³-hybridized carbons (Fsp3) is 0.429. The van der Waals surface area contributed by atoms with Gasteiger partial charge in [-0.05, 0) is 37.0 Å². The first-order valence-electron chi connectivity index (χ1n) is 6.61. The van der Waals surface area contributed by atoms with Gasteiger partial charge in [0.05, 0.1) is 5.71 Å². The molecule has 0 bridgehead atoms. The van der Waals surface area contributed by atoms with E-state index >= 15 is 0 Å². The molecule has 1 fully saturated rings. The van der Waals surface area contributed by atoms with Crippen LogP contribution in [0.2, 0.25) is 5.02 Å². The molecule has 1 saturated heterocycles. The van der Waals surface area contributed by atoms with Gasteiger partial charge in [-0.2, -0.15) is 5.10 Å². The van der Waals surface area contributed by atoms with Crippen molar-refractivity contribution in [1.29, 1.82) is 0 Å². The maximum absolute atomic E-state index is 5.90. The summed E-state index contributed by atoms with van der Waals surface area (Å²) >= 11 is 7.69. The first-order valence-corrected chi connectivity index (χ1v) is 7.97. The largest absolute Gasteiger partial charge is 0.350 e. The Hall–Kier alpha value is -1.00. The molecule has 2 aliphatic rings. The van der Waals surface area contributed by atoms with E-state index in [1.54, 1.807) is 11.8 Å². The lowest BCUT2D eigenvalue weighted by molar-refractivity contribution is 0.347. The van der Waals surface area contributed by atoms with E-state index < -0.39 is 0 Å². The van der Waals surface area contributed by atoms with Crippen LogP contribution in [0.15, 0.2) is 34.5 Å². The van der Waals surface area contributed by atoms with Crippen molar-refractivity contribution < 1.29 is 0 Å². The normalized spacial score (nSPS) is 19.9. The van der Waals surface area contributed by atoms with Gasteiger partial charge >= 0.3 is 0 Å². The van der Waals surface area contributed by atoms with Gasteiger partial charge in [-0.3, -0.25) is 0 Å². The Morgan fingerprint density at radius 3 is 2.37 bits per heavy atom. The van der Waals surface area contributed by atoms with Crippen LogP contribution in [-0.2, 0) is 0 Å². The summed E-state index contributed by atoms with van der Waals surface area (Å²) < 4.78 is 0. The number of hydrogen-bond acceptors (Lipinski definition) is 4. The Morgan fingerprint density at radius 2 is 1.74 bits per heavy atom. The lowest BCUT2D eigenvalue weighted by Gasteiger charge is -2.29. The van der Waals surface area contributed by atoms with E-state index in [4.69, 9.17) is 11.6 Å². The van der Waals surface area contributed by atoms with Crippen molar-refractivity contribution in [3.63, 3.8) is 0 Å². The van der Waals surface area contributed by atoms with Gasteiger partial charge in [0.25, 0.3) is 0 Å². The van der Waals surface area contributed by atoms with Crippen molar-refractivity contribution in [2.75, 3.05) is 18.8 Å². The summed E-state index contributed by atoms with van der Waals surface area (Å²) in [6.07, 6.45) is 3.88. The van der Waals surface area contributed by atoms with Crippen LogP contribution in [0.1, 0.15) is 24.8 Å². The molecule has 2 heterocycles. The zero-order chi connectivity index (χ0) is 13.1. The topological polar surface area (TPSA) is 28.0 Å². The number of piperidine rings is 1. The minimum Gasteiger partial charge on any atom is -0.350 e. The number of hydrogen-bond donors (Lipinski definition) is 0. The lowest BCUT2D eigenvalue weighted by atomic mass is 10.1. The van der Waals surface area contributed by atoms with Gasteiger partial charge in [-0.1, -0.05) is 35.5 Å². The minimum absolute atomic E-state index is 0.755. The molecule has 5 heteroatoms. The Labute approximate surface area is 122 Å². The molecule has 19 heavy (non-hydrogen) atoms. The second kappa shape index (κ2) is 5.97. The van der Waals surface area contributed by atoms with Crippen LogP contribution in [0.5, 0.6) is 0 Å². The fourth-order valence-corrected chi connectivity index (χ4v) is 3.40. The van der Waals surface area contributed by atoms with E-state index in [1.807, 2.05) is 24.3 Å². The molecule has 0 spiro atoms. The van der Waals surface area contributed by atoms with Crippen LogP contribution < -0.4 is 0 Å². The number of benzene rings is 1. The maximum Gasteiger partial charge on any atom is 0.186 e. The van der Waals surface area contributed by atoms with Gasteiger partial charge in [0.2, 0.25) is 0 Å². The number of halogens is 1. The first kappa shape index (κ1) is 13.0. The highest BCUT2D eigenvalue weighted by Gasteiger charge is 2.19. The van der Waals surface area contributed by atoms with E-state index in [1.165, 1.54) is 19.3 Å². The molecule has 100 valence electrons. The Kier molecular flexibility index (Phi) is 4.09. The van der Waals surface area contributed by atoms with Crippen molar-refractivity contribution in [3.05, 3.63) is 34.9 Å². The SMILES string of the molecule is Clc1ccc(C2=NN=C(N3CCCCC3)SC2)cc1. The average molecular weight is 294 g/mol. The zero-order valence-electron chi connectivity index (χ0n) is 10.7. The monoisotopic (exact) mass is 293 g/mol. The van der Waals surface area contributed by atoms with Gasteiger partial charge in [-0.25, -0.2) is 0 Å². The number of amidine groups is 1. The van der Waals surface area contributed by atoms with Gasteiger partial charge < -0.3 is 4.90 Å². The number of likely N-dealkylation sites (tertiary alicyclic amines) is 1. The lowest BCUT2D eigenvalue weighted by Crippen LogP contribution is -2.35. The van der Waals surface area contributed by atoms with Crippen molar-refractivity contribution in [3.8, 4) is 0 Å². The van der Waals surface area contributed by atoms with Crippen molar-refractivity contribution in [2.24, 2.45) is 10.2 Å². The predicted molar refractivity (Wildman–Crippen MR) is 83.3 cm³/mol. The standard InChI is InChI=1S/C14H16ClN3S/c15-12-6-4-11(5-7-12)13-10-19-14(17-16-13)18-8-2-1-3-9-18/h4-7H,1-3,8-10H2. The minimum atomic E-state index is 0.755. The van der Waals surface area contributed by atoms with Crippen LogP contribution >= 0.6 is 23.4 Å². The quantitative estimate of drug-likeness (QED) is 0.791. The molecule has 0 aromatic heterocycles. The molecule has 0 radical (unpaired) electrons. The molecule has 0 unspecified atom stereocenters. The van der Waals surface area contributed by atoms with Crippen LogP contribution in [-0.4, -0.2) is 34.6 Å². The van der Waals surface area contributed by atoms with E-state index in [0.717, 1.165) is 40.3 Å². The molecule has 3 nitrogen and oxygen atoms in total. The van der Waals surface area contributed by atoms with E-state index in [0.29, 0.717) is 0 Å². The molecular weight excluding hydrogens is 278 g/mol. The highest BCUT2D eigenvalue weighted by Crippen LogP contribution is 2.21. The summed E-state index contributed by atoms with van der Waals surface area (Å²) in [5.41, 5.74) is 2.14. The number of nitrogens with zero attached hydrogens (tertiary/aromatic N) is 3. The molecule has 1 aromatic carbocycles. The van der Waals surface area contributed by atoms with E-state index in [9.17, 15) is 0 Å². The second-order valence-electron chi connectivity index (χ2n) is 4.77. The highest BCUT2D eigenvalue weighted by molar-refractivity contribution is 8.14. The molecule has 3 rings (SSSR count). The van der Waals surface area contributed by atoms with Crippen molar-refractivity contribution >= 4 is 34.2 Å². The Morgan fingerprint density at radius 1 is 1.00 bits per heavy atom. The van der Waals surface area contributed by atoms with Gasteiger partial charge in [-0.15, -0.1) is 5.10 Å². The van der Waals surface area contributed by atoms with Crippen LogP contribution in [0, 0.1) is 0 Å². The summed E-state index contributed by atoms with van der Waals surface area (Å²) in [5, 5.41) is 10.6. The first-order chi connectivity index (χ1) is 9.33. The van der Waals surface area contributed by atoms with Gasteiger partial charge in [0.1, 0.15) is 0 Å². The molecule has 0 N–H and O–H groups in total. The molecule has 0 atom stereocenters. The van der Waals surface area contributed by atoms with Crippen molar-refractivity contribution in [1.82, 2.24) is 4.90 Å². The molecule has 2 aliphatic heterocycles. The summed E-state index contributed by atoms with van der Waals surface area (Å²) in [6, 6.07) is 7.80. The third kappa shape index (κ3) is 3.12.